The van der Waals surface area contributed by atoms with E-state index < -0.39 is 0 Å². The van der Waals surface area contributed by atoms with E-state index in [1.807, 2.05) is 18.3 Å². The van der Waals surface area contributed by atoms with Crippen LogP contribution < -0.4 is 5.32 Å². The highest BCUT2D eigenvalue weighted by Gasteiger charge is 2.41. The summed E-state index contributed by atoms with van der Waals surface area (Å²) in [4.78, 5) is 6.99. The number of hydrogen-bond donors (Lipinski definition) is 1. The van der Waals surface area contributed by atoms with Crippen LogP contribution in [0.5, 0.6) is 0 Å². The van der Waals surface area contributed by atoms with Crippen LogP contribution in [0.2, 0.25) is 0 Å². The number of hydrogen-bond acceptors (Lipinski definition) is 3. The molecule has 0 amide bonds. The second-order valence-electron chi connectivity index (χ2n) is 8.83. The molecule has 0 unspecified atom stereocenters. The number of fused-ring (bicyclic) bond motifs is 1. The summed E-state index contributed by atoms with van der Waals surface area (Å²) in [6, 6.07) is 23.5. The van der Waals surface area contributed by atoms with Crippen LogP contribution in [0.3, 0.4) is 0 Å². The zero-order valence-electron chi connectivity index (χ0n) is 19.9. The highest BCUT2D eigenvalue weighted by molar-refractivity contribution is 7.80. The first-order chi connectivity index (χ1) is 16.6. The maximum absolute atomic E-state index is 5.82. The van der Waals surface area contributed by atoms with Gasteiger partial charge in [0, 0.05) is 43.2 Å². The molecule has 1 fully saturated rings. The summed E-state index contributed by atoms with van der Waals surface area (Å²) in [5.74, 6) is 0. The molecule has 2 atom stereocenters. The van der Waals surface area contributed by atoms with E-state index in [9.17, 15) is 0 Å². The van der Waals surface area contributed by atoms with Gasteiger partial charge in [0.1, 0.15) is 0 Å². The molecule has 174 valence electrons. The van der Waals surface area contributed by atoms with Crippen LogP contribution >= 0.6 is 12.2 Å². The van der Waals surface area contributed by atoms with Gasteiger partial charge in [-0.15, -0.1) is 0 Å². The fourth-order valence-electron chi connectivity index (χ4n) is 5.23. The number of aromatic nitrogens is 2. The molecule has 1 saturated heterocycles. The Kier molecular flexibility index (Phi) is 6.35. The zero-order chi connectivity index (χ0) is 23.7. The van der Waals surface area contributed by atoms with Gasteiger partial charge in [0.25, 0.3) is 0 Å². The van der Waals surface area contributed by atoms with Gasteiger partial charge in [0.05, 0.1) is 23.5 Å². The summed E-state index contributed by atoms with van der Waals surface area (Å²) >= 11 is 5.82. The number of rotatable bonds is 7. The van der Waals surface area contributed by atoms with Crippen molar-refractivity contribution in [1.82, 2.24) is 19.8 Å². The molecule has 5 nitrogen and oxygen atoms in total. The molecular formula is C28H30N4OS. The third-order valence-corrected chi connectivity index (χ3v) is 7.09. The van der Waals surface area contributed by atoms with Gasteiger partial charge in [-0.2, -0.15) is 0 Å². The third-order valence-electron chi connectivity index (χ3n) is 6.74. The van der Waals surface area contributed by atoms with Crippen molar-refractivity contribution in [2.75, 3.05) is 20.3 Å². The molecule has 6 heteroatoms. The fourth-order valence-corrected chi connectivity index (χ4v) is 5.56. The lowest BCUT2D eigenvalue weighted by Crippen LogP contribution is -2.31. The predicted octanol–water partition coefficient (Wildman–Crippen LogP) is 5.65. The number of methoxy groups -OCH3 is 1. The van der Waals surface area contributed by atoms with Crippen molar-refractivity contribution in [3.8, 4) is 5.69 Å². The Labute approximate surface area is 206 Å². The van der Waals surface area contributed by atoms with E-state index in [0.29, 0.717) is 6.61 Å². The molecular weight excluding hydrogens is 440 g/mol. The third kappa shape index (κ3) is 3.97. The number of nitrogens with one attached hydrogen (secondary N) is 1. The lowest BCUT2D eigenvalue weighted by atomic mass is 9.96. The molecule has 0 radical (unpaired) electrons. The number of aryl methyl sites for hydroxylation is 1. The Morgan fingerprint density at radius 2 is 1.82 bits per heavy atom. The molecule has 1 aliphatic rings. The lowest BCUT2D eigenvalue weighted by Gasteiger charge is -2.28. The van der Waals surface area contributed by atoms with Crippen molar-refractivity contribution in [2.24, 2.45) is 0 Å². The monoisotopic (exact) mass is 470 g/mol. The first-order valence-corrected chi connectivity index (χ1v) is 12.1. The number of nitrogens with zero attached hydrogens (tertiary/aromatic N) is 3. The number of benzene rings is 2. The number of ether oxygens (including phenoxy) is 1. The quantitative estimate of drug-likeness (QED) is 0.279. The van der Waals surface area contributed by atoms with E-state index in [0.717, 1.165) is 23.8 Å². The van der Waals surface area contributed by atoms with Gasteiger partial charge >= 0.3 is 0 Å². The van der Waals surface area contributed by atoms with Gasteiger partial charge in [-0.1, -0.05) is 42.5 Å². The van der Waals surface area contributed by atoms with Crippen LogP contribution in [0.4, 0.5) is 0 Å². The van der Waals surface area contributed by atoms with Crippen LogP contribution in [0.15, 0.2) is 72.9 Å². The zero-order valence-corrected chi connectivity index (χ0v) is 20.7. The van der Waals surface area contributed by atoms with Gasteiger partial charge in [0.15, 0.2) is 5.11 Å². The Bertz CT molecular complexity index is 1310. The first kappa shape index (κ1) is 22.6. The second kappa shape index (κ2) is 9.57. The molecule has 0 spiro atoms. The SMILES string of the molecule is COCCCN1C(=S)N[C@H](c2ccccn2)[C@@H]1c1cc(C)n(-c2cccc3ccccc23)c1C. The smallest absolute Gasteiger partial charge is 0.170 e. The predicted molar refractivity (Wildman–Crippen MR) is 141 cm³/mol. The minimum atomic E-state index is -0.0160. The average molecular weight is 471 g/mol. The van der Waals surface area contributed by atoms with Crippen molar-refractivity contribution in [3.63, 3.8) is 0 Å². The van der Waals surface area contributed by atoms with Gasteiger partial charge in [0.2, 0.25) is 0 Å². The topological polar surface area (TPSA) is 42.3 Å². The van der Waals surface area contributed by atoms with Gasteiger partial charge in [-0.05, 0) is 67.7 Å². The van der Waals surface area contributed by atoms with Crippen LogP contribution in [0, 0.1) is 13.8 Å². The fraction of sp³-hybridized carbons (Fsp3) is 0.286. The summed E-state index contributed by atoms with van der Waals surface area (Å²) < 4.78 is 7.71. The molecule has 1 aliphatic heterocycles. The first-order valence-electron chi connectivity index (χ1n) is 11.7. The van der Waals surface area contributed by atoms with Crippen molar-refractivity contribution in [3.05, 3.63) is 95.6 Å². The summed E-state index contributed by atoms with van der Waals surface area (Å²) in [6.07, 6.45) is 2.76. The van der Waals surface area contributed by atoms with Crippen molar-refractivity contribution in [2.45, 2.75) is 32.4 Å². The van der Waals surface area contributed by atoms with E-state index in [4.69, 9.17) is 17.0 Å². The molecule has 3 heterocycles. The van der Waals surface area contributed by atoms with E-state index in [-0.39, 0.29) is 12.1 Å². The van der Waals surface area contributed by atoms with Crippen molar-refractivity contribution >= 4 is 28.1 Å². The molecule has 4 aromatic rings. The largest absolute Gasteiger partial charge is 0.385 e. The van der Waals surface area contributed by atoms with E-state index >= 15 is 0 Å². The van der Waals surface area contributed by atoms with Crippen molar-refractivity contribution in [1.29, 1.82) is 0 Å². The summed E-state index contributed by atoms with van der Waals surface area (Å²) in [6.45, 7) is 5.93. The minimum absolute atomic E-state index is 0.0160. The molecule has 2 aromatic carbocycles. The van der Waals surface area contributed by atoms with Crippen LogP contribution in [0.25, 0.3) is 16.5 Å². The standard InChI is InChI=1S/C28H30N4OS/c1-19-18-23(20(2)32(19)25-14-8-11-21-10-4-5-12-22(21)25)27-26(24-13-6-7-15-29-24)30-28(34)31(27)16-9-17-33-3/h4-8,10-15,18,26-27H,9,16-17H2,1-3H3,(H,30,34)/t26-,27+/m1/s1. The molecule has 0 aliphatic carbocycles. The van der Waals surface area contributed by atoms with E-state index in [2.05, 4.69) is 88.2 Å². The second-order valence-corrected chi connectivity index (χ2v) is 9.21. The van der Waals surface area contributed by atoms with Gasteiger partial charge in [-0.25, -0.2) is 0 Å². The molecule has 2 aromatic heterocycles. The summed E-state index contributed by atoms with van der Waals surface area (Å²) in [5, 5.41) is 6.82. The Morgan fingerprint density at radius 3 is 2.62 bits per heavy atom. The number of pyridine rings is 1. The maximum atomic E-state index is 5.82. The lowest BCUT2D eigenvalue weighted by molar-refractivity contribution is 0.180. The van der Waals surface area contributed by atoms with Crippen LogP contribution in [-0.4, -0.2) is 39.8 Å². The van der Waals surface area contributed by atoms with Crippen LogP contribution in [0.1, 0.15) is 41.1 Å². The Morgan fingerprint density at radius 1 is 1.03 bits per heavy atom. The Hall–Kier alpha value is -3.22. The van der Waals surface area contributed by atoms with Crippen molar-refractivity contribution < 1.29 is 4.74 Å². The van der Waals surface area contributed by atoms with Crippen LogP contribution in [-0.2, 0) is 4.74 Å². The number of thiocarbonyl (C=S) groups is 1. The summed E-state index contributed by atoms with van der Waals surface area (Å²) in [5.41, 5.74) is 5.90. The van der Waals surface area contributed by atoms with E-state index in [1.54, 1.807) is 7.11 Å². The summed E-state index contributed by atoms with van der Waals surface area (Å²) in [7, 11) is 1.74. The Balaban J connectivity index is 1.63. The molecule has 0 bridgehead atoms. The normalized spacial score (nSPS) is 18.0. The molecule has 0 saturated carbocycles. The maximum Gasteiger partial charge on any atom is 0.170 e. The van der Waals surface area contributed by atoms with E-state index in [1.165, 1.54) is 33.4 Å². The molecule has 1 N–H and O–H groups in total. The van der Waals surface area contributed by atoms with Gasteiger partial charge < -0.3 is 19.5 Å². The van der Waals surface area contributed by atoms with Gasteiger partial charge in [-0.3, -0.25) is 4.98 Å². The molecule has 34 heavy (non-hydrogen) atoms. The molecule has 5 rings (SSSR count). The minimum Gasteiger partial charge on any atom is -0.385 e. The highest BCUT2D eigenvalue weighted by atomic mass is 32.1. The average Bonchev–Trinajstić information content (AvgIpc) is 3.34. The highest BCUT2D eigenvalue weighted by Crippen LogP contribution is 2.41.